The maximum absolute atomic E-state index is 9.85. The van der Waals surface area contributed by atoms with Crippen molar-refractivity contribution in [2.45, 2.75) is 13.5 Å². The van der Waals surface area contributed by atoms with Gasteiger partial charge in [-0.3, -0.25) is 0 Å². The van der Waals surface area contributed by atoms with Gasteiger partial charge >= 0.3 is 0 Å². The molecule has 0 spiro atoms. The molecular formula is C20H16O. The fraction of sp³-hybridized carbons (Fsp3) is 0.100. The normalized spacial score (nSPS) is 11.5. The number of aliphatic hydroxyl groups excluding tert-OH is 1. The lowest BCUT2D eigenvalue weighted by Gasteiger charge is -2.14. The molecule has 102 valence electrons. The zero-order valence-electron chi connectivity index (χ0n) is 11.9. The van der Waals surface area contributed by atoms with E-state index >= 15 is 0 Å². The summed E-state index contributed by atoms with van der Waals surface area (Å²) in [4.78, 5) is 0. The minimum atomic E-state index is 0.0643. The molecule has 0 aliphatic heterocycles. The Balaban J connectivity index is 2.38. The molecular weight excluding hydrogens is 256 g/mol. The first kappa shape index (κ1) is 12.4. The fourth-order valence-corrected chi connectivity index (χ4v) is 3.40. The molecule has 1 N–H and O–H groups in total. The Morgan fingerprint density at radius 3 is 2.00 bits per heavy atom. The molecule has 4 aromatic carbocycles. The highest BCUT2D eigenvalue weighted by atomic mass is 16.3. The highest BCUT2D eigenvalue weighted by molar-refractivity contribution is 6.20. The van der Waals surface area contributed by atoms with Crippen molar-refractivity contribution < 1.29 is 5.11 Å². The van der Waals surface area contributed by atoms with Gasteiger partial charge in [0.25, 0.3) is 0 Å². The lowest BCUT2D eigenvalue weighted by molar-refractivity contribution is 0.283. The molecule has 0 aromatic heterocycles. The molecule has 0 saturated heterocycles. The maximum atomic E-state index is 9.85. The average molecular weight is 272 g/mol. The molecule has 0 atom stereocenters. The van der Waals surface area contributed by atoms with Crippen molar-refractivity contribution in [2.75, 3.05) is 0 Å². The fourth-order valence-electron chi connectivity index (χ4n) is 3.40. The molecule has 0 radical (unpaired) electrons. The predicted octanol–water partition coefficient (Wildman–Crippen LogP) is 4.95. The van der Waals surface area contributed by atoms with E-state index < -0.39 is 0 Å². The summed E-state index contributed by atoms with van der Waals surface area (Å²) in [7, 11) is 0. The second-order valence-corrected chi connectivity index (χ2v) is 5.58. The number of hydrogen-bond acceptors (Lipinski definition) is 1. The monoisotopic (exact) mass is 272 g/mol. The summed E-state index contributed by atoms with van der Waals surface area (Å²) in [5.41, 5.74) is 2.26. The molecule has 0 unspecified atom stereocenters. The van der Waals surface area contributed by atoms with Crippen LogP contribution in [-0.4, -0.2) is 5.11 Å². The van der Waals surface area contributed by atoms with E-state index in [4.69, 9.17) is 0 Å². The van der Waals surface area contributed by atoms with Crippen molar-refractivity contribution in [1.82, 2.24) is 0 Å². The number of aliphatic hydroxyl groups is 1. The van der Waals surface area contributed by atoms with Crippen LogP contribution in [0.1, 0.15) is 11.1 Å². The Kier molecular flexibility index (Phi) is 2.69. The molecule has 0 fully saturated rings. The Morgan fingerprint density at radius 2 is 1.33 bits per heavy atom. The number of fused-ring (bicyclic) bond motifs is 5. The summed E-state index contributed by atoms with van der Waals surface area (Å²) in [6, 6.07) is 21.2. The molecule has 4 aromatic rings. The molecule has 0 aliphatic rings. The Morgan fingerprint density at radius 1 is 0.762 bits per heavy atom. The van der Waals surface area contributed by atoms with Gasteiger partial charge in [0.05, 0.1) is 6.61 Å². The van der Waals surface area contributed by atoms with E-state index in [1.54, 1.807) is 0 Å². The third-order valence-electron chi connectivity index (χ3n) is 4.30. The van der Waals surface area contributed by atoms with Gasteiger partial charge < -0.3 is 5.11 Å². The quantitative estimate of drug-likeness (QED) is 0.486. The Labute approximate surface area is 123 Å². The van der Waals surface area contributed by atoms with E-state index in [0.29, 0.717) is 0 Å². The van der Waals surface area contributed by atoms with Gasteiger partial charge in [0.15, 0.2) is 0 Å². The van der Waals surface area contributed by atoms with E-state index in [1.807, 2.05) is 6.07 Å². The van der Waals surface area contributed by atoms with Crippen molar-refractivity contribution in [3.05, 3.63) is 71.8 Å². The molecule has 21 heavy (non-hydrogen) atoms. The van der Waals surface area contributed by atoms with E-state index in [2.05, 4.69) is 61.5 Å². The summed E-state index contributed by atoms with van der Waals surface area (Å²) in [6.45, 7) is 2.22. The SMILES string of the molecule is Cc1cc2ccccc2c2c(CO)cc3ccccc3c12. The van der Waals surface area contributed by atoms with Crippen molar-refractivity contribution in [3.63, 3.8) is 0 Å². The zero-order valence-corrected chi connectivity index (χ0v) is 11.9. The maximum Gasteiger partial charge on any atom is 0.0688 e. The highest BCUT2D eigenvalue weighted by Gasteiger charge is 2.11. The summed E-state index contributed by atoms with van der Waals surface area (Å²) in [5, 5.41) is 17.2. The first-order chi connectivity index (χ1) is 10.3. The van der Waals surface area contributed by atoms with Crippen molar-refractivity contribution in [3.8, 4) is 0 Å². The summed E-state index contributed by atoms with van der Waals surface area (Å²) >= 11 is 0. The highest BCUT2D eigenvalue weighted by Crippen LogP contribution is 2.36. The third kappa shape index (κ3) is 1.75. The number of benzene rings is 4. The smallest absolute Gasteiger partial charge is 0.0688 e. The summed E-state index contributed by atoms with van der Waals surface area (Å²) < 4.78 is 0. The molecule has 4 rings (SSSR count). The Bertz CT molecular complexity index is 983. The molecule has 0 saturated carbocycles. The molecule has 0 aliphatic carbocycles. The number of hydrogen-bond donors (Lipinski definition) is 1. The van der Waals surface area contributed by atoms with Crippen LogP contribution in [0.25, 0.3) is 32.3 Å². The van der Waals surface area contributed by atoms with Crippen LogP contribution in [0, 0.1) is 6.92 Å². The second-order valence-electron chi connectivity index (χ2n) is 5.58. The van der Waals surface area contributed by atoms with E-state index in [1.165, 1.54) is 37.9 Å². The Hall–Kier alpha value is -2.38. The van der Waals surface area contributed by atoms with Crippen LogP contribution in [0.3, 0.4) is 0 Å². The predicted molar refractivity (Wildman–Crippen MR) is 89.6 cm³/mol. The van der Waals surface area contributed by atoms with Gasteiger partial charge in [-0.25, -0.2) is 0 Å². The topological polar surface area (TPSA) is 20.2 Å². The van der Waals surface area contributed by atoms with Crippen molar-refractivity contribution in [2.24, 2.45) is 0 Å². The van der Waals surface area contributed by atoms with Gasteiger partial charge in [-0.05, 0) is 56.4 Å². The molecule has 0 amide bonds. The molecule has 0 heterocycles. The van der Waals surface area contributed by atoms with Gasteiger partial charge in [0.1, 0.15) is 0 Å². The van der Waals surface area contributed by atoms with Gasteiger partial charge in [-0.2, -0.15) is 0 Å². The van der Waals surface area contributed by atoms with Crippen molar-refractivity contribution >= 4 is 32.3 Å². The second kappa shape index (κ2) is 4.57. The van der Waals surface area contributed by atoms with Crippen molar-refractivity contribution in [1.29, 1.82) is 0 Å². The lowest BCUT2D eigenvalue weighted by atomic mass is 9.90. The minimum absolute atomic E-state index is 0.0643. The van der Waals surface area contributed by atoms with Crippen LogP contribution in [0.4, 0.5) is 0 Å². The molecule has 1 nitrogen and oxygen atoms in total. The standard InChI is InChI=1S/C20H16O/c1-13-10-14-6-2-5-9-18(14)20-16(12-21)11-15-7-3-4-8-17(15)19(13)20/h2-11,21H,12H2,1H3. The lowest BCUT2D eigenvalue weighted by Crippen LogP contribution is -1.92. The van der Waals surface area contributed by atoms with Gasteiger partial charge in [-0.1, -0.05) is 54.6 Å². The molecule has 1 heteroatoms. The summed E-state index contributed by atoms with van der Waals surface area (Å²) in [6.07, 6.45) is 0. The van der Waals surface area contributed by atoms with E-state index in [9.17, 15) is 5.11 Å². The van der Waals surface area contributed by atoms with Crippen LogP contribution >= 0.6 is 0 Å². The third-order valence-corrected chi connectivity index (χ3v) is 4.30. The van der Waals surface area contributed by atoms with Crippen LogP contribution in [0.5, 0.6) is 0 Å². The van der Waals surface area contributed by atoms with Crippen LogP contribution in [0.15, 0.2) is 60.7 Å². The van der Waals surface area contributed by atoms with Gasteiger partial charge in [-0.15, -0.1) is 0 Å². The summed E-state index contributed by atoms with van der Waals surface area (Å²) in [5.74, 6) is 0. The zero-order chi connectivity index (χ0) is 14.4. The first-order valence-corrected chi connectivity index (χ1v) is 7.23. The van der Waals surface area contributed by atoms with E-state index in [-0.39, 0.29) is 6.61 Å². The van der Waals surface area contributed by atoms with Gasteiger partial charge in [0.2, 0.25) is 0 Å². The van der Waals surface area contributed by atoms with E-state index in [0.717, 1.165) is 5.56 Å². The largest absolute Gasteiger partial charge is 0.392 e. The molecule has 0 bridgehead atoms. The first-order valence-electron chi connectivity index (χ1n) is 7.23. The number of aryl methyl sites for hydroxylation is 1. The van der Waals surface area contributed by atoms with Crippen LogP contribution in [0.2, 0.25) is 0 Å². The van der Waals surface area contributed by atoms with Gasteiger partial charge in [0, 0.05) is 0 Å². The van der Waals surface area contributed by atoms with Crippen LogP contribution in [-0.2, 0) is 6.61 Å². The van der Waals surface area contributed by atoms with Crippen LogP contribution < -0.4 is 0 Å². The minimum Gasteiger partial charge on any atom is -0.392 e. The average Bonchev–Trinajstić information content (AvgIpc) is 2.53. The number of rotatable bonds is 1.